The molecule has 0 unspecified atom stereocenters. The lowest BCUT2D eigenvalue weighted by Crippen LogP contribution is -2.41. The van der Waals surface area contributed by atoms with Gasteiger partial charge in [-0.1, -0.05) is 0 Å². The Morgan fingerprint density at radius 1 is 1.30 bits per heavy atom. The van der Waals surface area contributed by atoms with Gasteiger partial charge >= 0.3 is 5.69 Å². The van der Waals surface area contributed by atoms with Gasteiger partial charge in [0.15, 0.2) is 0 Å². The number of nitrogens with zero attached hydrogens (tertiary/aromatic N) is 1. The molecular formula is C11H13Cl2F2N5O3. The Hall–Kier alpha value is -2.04. The molecule has 1 amide bonds. The van der Waals surface area contributed by atoms with Crippen LogP contribution in [0.5, 0.6) is 0 Å². The van der Waals surface area contributed by atoms with Gasteiger partial charge in [-0.25, -0.2) is 18.6 Å². The first-order valence-corrected chi connectivity index (χ1v) is 5.81. The van der Waals surface area contributed by atoms with Gasteiger partial charge < -0.3 is 11.1 Å². The molecule has 0 bridgehead atoms. The van der Waals surface area contributed by atoms with Crippen LogP contribution >= 0.6 is 24.8 Å². The number of hydrogen-bond donors (Lipinski definition) is 4. The number of alkyl halides is 2. The number of fused-ring (bicyclic) bond motifs is 1. The summed E-state index contributed by atoms with van der Waals surface area (Å²) in [6.45, 7) is -1.83. The van der Waals surface area contributed by atoms with Crippen LogP contribution in [0.2, 0.25) is 0 Å². The number of hydrogen-bond acceptors (Lipinski definition) is 5. The first kappa shape index (κ1) is 21.0. The van der Waals surface area contributed by atoms with Crippen molar-refractivity contribution in [2.24, 2.45) is 5.73 Å². The Balaban J connectivity index is 0.00000242. The topological polar surface area (TPSA) is 134 Å². The van der Waals surface area contributed by atoms with E-state index >= 15 is 0 Å². The highest BCUT2D eigenvalue weighted by Gasteiger charge is 2.27. The van der Waals surface area contributed by atoms with E-state index in [0.717, 1.165) is 12.3 Å². The number of pyridine rings is 1. The Morgan fingerprint density at radius 2 is 1.96 bits per heavy atom. The van der Waals surface area contributed by atoms with E-state index in [9.17, 15) is 23.2 Å². The van der Waals surface area contributed by atoms with E-state index in [1.807, 2.05) is 10.3 Å². The van der Waals surface area contributed by atoms with Gasteiger partial charge in [-0.3, -0.25) is 19.6 Å². The fraction of sp³-hybridized carbons (Fsp3) is 0.273. The molecule has 0 saturated heterocycles. The number of nitrogens with one attached hydrogen (secondary N) is 3. The van der Waals surface area contributed by atoms with E-state index in [1.54, 1.807) is 0 Å². The van der Waals surface area contributed by atoms with Crippen molar-refractivity contribution in [2.45, 2.75) is 5.92 Å². The van der Waals surface area contributed by atoms with Gasteiger partial charge in [-0.05, 0) is 6.07 Å². The molecule has 0 saturated carbocycles. The first-order valence-electron chi connectivity index (χ1n) is 5.81. The van der Waals surface area contributed by atoms with Crippen molar-refractivity contribution >= 4 is 41.8 Å². The summed E-state index contributed by atoms with van der Waals surface area (Å²) in [4.78, 5) is 42.3. The fourth-order valence-corrected chi connectivity index (χ4v) is 1.55. The van der Waals surface area contributed by atoms with E-state index in [2.05, 4.69) is 9.97 Å². The van der Waals surface area contributed by atoms with Crippen LogP contribution in [-0.4, -0.2) is 39.9 Å². The van der Waals surface area contributed by atoms with Gasteiger partial charge in [0.1, 0.15) is 5.65 Å². The molecule has 0 atom stereocenters. The van der Waals surface area contributed by atoms with E-state index < -0.39 is 36.2 Å². The zero-order valence-electron chi connectivity index (χ0n) is 11.4. The highest BCUT2D eigenvalue weighted by Crippen LogP contribution is 2.10. The summed E-state index contributed by atoms with van der Waals surface area (Å²) in [7, 11) is 0. The maximum Gasteiger partial charge on any atom is 0.327 e. The molecule has 0 aromatic carbocycles. The second kappa shape index (κ2) is 7.99. The lowest BCUT2D eigenvalue weighted by molar-refractivity contribution is 0.0118. The van der Waals surface area contributed by atoms with Crippen molar-refractivity contribution in [1.29, 1.82) is 0 Å². The van der Waals surface area contributed by atoms with Gasteiger partial charge in [0.2, 0.25) is 0 Å². The van der Waals surface area contributed by atoms with Crippen LogP contribution in [0.1, 0.15) is 10.4 Å². The summed E-state index contributed by atoms with van der Waals surface area (Å²) in [6.07, 6.45) is 1.06. The van der Waals surface area contributed by atoms with Crippen molar-refractivity contribution in [3.8, 4) is 0 Å². The van der Waals surface area contributed by atoms with Crippen LogP contribution in [0.15, 0.2) is 21.9 Å². The van der Waals surface area contributed by atoms with Crippen LogP contribution in [-0.2, 0) is 0 Å². The summed E-state index contributed by atoms with van der Waals surface area (Å²) in [6, 6.07) is 1.15. The second-order valence-corrected chi connectivity index (χ2v) is 4.27. The van der Waals surface area contributed by atoms with E-state index in [1.165, 1.54) is 0 Å². The number of halogens is 4. The van der Waals surface area contributed by atoms with Gasteiger partial charge in [-0.15, -0.1) is 24.8 Å². The third-order valence-electron chi connectivity index (χ3n) is 2.66. The smallest absolute Gasteiger partial charge is 0.327 e. The second-order valence-electron chi connectivity index (χ2n) is 4.27. The van der Waals surface area contributed by atoms with E-state index in [0.29, 0.717) is 0 Å². The third-order valence-corrected chi connectivity index (χ3v) is 2.66. The Labute approximate surface area is 139 Å². The highest BCUT2D eigenvalue weighted by molar-refractivity contribution is 5.96. The number of amides is 1. The van der Waals surface area contributed by atoms with E-state index in [-0.39, 0.29) is 41.4 Å². The molecule has 23 heavy (non-hydrogen) atoms. The van der Waals surface area contributed by atoms with E-state index in [4.69, 9.17) is 5.73 Å². The molecule has 128 valence electrons. The van der Waals surface area contributed by atoms with Crippen molar-refractivity contribution in [2.75, 3.05) is 13.1 Å². The summed E-state index contributed by atoms with van der Waals surface area (Å²) in [5.41, 5.74) is 3.28. The van der Waals surface area contributed by atoms with Crippen molar-refractivity contribution in [3.63, 3.8) is 0 Å². The molecule has 5 N–H and O–H groups in total. The fourth-order valence-electron chi connectivity index (χ4n) is 1.55. The van der Waals surface area contributed by atoms with Gasteiger partial charge in [0.05, 0.1) is 24.0 Å². The van der Waals surface area contributed by atoms with Crippen LogP contribution in [0, 0.1) is 0 Å². The number of aromatic nitrogens is 3. The molecule has 2 heterocycles. The molecule has 12 heteroatoms. The molecule has 0 aliphatic carbocycles. The van der Waals surface area contributed by atoms with Crippen LogP contribution in [0.3, 0.4) is 0 Å². The molecule has 0 spiro atoms. The molecule has 2 aromatic rings. The minimum Gasteiger partial charge on any atom is -0.346 e. The lowest BCUT2D eigenvalue weighted by atomic mass is 10.2. The summed E-state index contributed by atoms with van der Waals surface area (Å²) < 4.78 is 25.9. The monoisotopic (exact) mass is 371 g/mol. The lowest BCUT2D eigenvalue weighted by Gasteiger charge is -2.14. The van der Waals surface area contributed by atoms with Crippen LogP contribution < -0.4 is 22.3 Å². The molecular weight excluding hydrogens is 359 g/mol. The Bertz CT molecular complexity index is 808. The quantitative estimate of drug-likeness (QED) is 0.589. The largest absolute Gasteiger partial charge is 0.346 e. The molecule has 0 aliphatic heterocycles. The predicted octanol–water partition coefficient (Wildman–Crippen LogP) is -0.221. The molecule has 0 radical (unpaired) electrons. The maximum atomic E-state index is 12.9. The molecule has 2 rings (SSSR count). The number of carbonyl (C=O) groups is 1. The Kier molecular flexibility index (Phi) is 7.28. The van der Waals surface area contributed by atoms with Gasteiger partial charge in [0, 0.05) is 6.20 Å². The standard InChI is InChI=1S/C11H11F2N5O3.2ClH/c12-11(13,3-14)4-16-8(19)5-1-6-7(15-2-5)17-10(21)18-9(6)20;;/h1-2H,3-4,14H2,(H,16,19)(H2,15,17,18,20,21);2*1H. The third kappa shape index (κ3) is 4.98. The summed E-state index contributed by atoms with van der Waals surface area (Å²) in [5, 5.41) is 1.96. The number of rotatable bonds is 4. The zero-order chi connectivity index (χ0) is 15.6. The van der Waals surface area contributed by atoms with Gasteiger partial charge in [-0.2, -0.15) is 0 Å². The predicted molar refractivity (Wildman–Crippen MR) is 83.8 cm³/mol. The maximum absolute atomic E-state index is 12.9. The van der Waals surface area contributed by atoms with Crippen LogP contribution in [0.25, 0.3) is 11.0 Å². The number of aromatic amines is 2. The first-order chi connectivity index (χ1) is 9.82. The van der Waals surface area contributed by atoms with Crippen LogP contribution in [0.4, 0.5) is 8.78 Å². The van der Waals surface area contributed by atoms with Crippen molar-refractivity contribution < 1.29 is 13.6 Å². The summed E-state index contributed by atoms with van der Waals surface area (Å²) >= 11 is 0. The normalized spacial score (nSPS) is 10.6. The van der Waals surface area contributed by atoms with Gasteiger partial charge in [0.25, 0.3) is 17.4 Å². The summed E-state index contributed by atoms with van der Waals surface area (Å²) in [5.74, 6) is -4.05. The average molecular weight is 372 g/mol. The average Bonchev–Trinajstić information content (AvgIpc) is 2.44. The van der Waals surface area contributed by atoms with Crippen molar-refractivity contribution in [1.82, 2.24) is 20.3 Å². The number of carbonyl (C=O) groups excluding carboxylic acids is 1. The number of nitrogens with two attached hydrogens (primary N) is 1. The molecule has 0 fully saturated rings. The number of H-pyrrole nitrogens is 2. The molecule has 2 aromatic heterocycles. The van der Waals surface area contributed by atoms with Crippen molar-refractivity contribution in [3.05, 3.63) is 38.7 Å². The molecule has 8 nitrogen and oxygen atoms in total. The minimum atomic E-state index is -3.22. The molecule has 0 aliphatic rings. The Morgan fingerprint density at radius 3 is 2.57 bits per heavy atom. The zero-order valence-corrected chi connectivity index (χ0v) is 13.0. The highest BCUT2D eigenvalue weighted by atomic mass is 35.5. The minimum absolute atomic E-state index is 0. The SMILES string of the molecule is Cl.Cl.NCC(F)(F)CNC(=O)c1cnc2[nH]c(=O)[nH]c(=O)c2c1.